The Morgan fingerprint density at radius 1 is 1.28 bits per heavy atom. The van der Waals surface area contributed by atoms with Crippen LogP contribution in [0.4, 0.5) is 0 Å². The lowest BCUT2D eigenvalue weighted by atomic mass is 10.1. The predicted octanol–water partition coefficient (Wildman–Crippen LogP) is 2.37. The number of hydrogen-bond donors (Lipinski definition) is 0. The molecule has 1 aliphatic rings. The molecule has 0 aliphatic carbocycles. The first-order valence-corrected chi connectivity index (χ1v) is 6.37. The van der Waals surface area contributed by atoms with Crippen molar-refractivity contribution in [3.8, 4) is 0 Å². The molecule has 1 atom stereocenters. The zero-order valence-electron chi connectivity index (χ0n) is 10.5. The van der Waals surface area contributed by atoms with E-state index in [9.17, 15) is 0 Å². The summed E-state index contributed by atoms with van der Waals surface area (Å²) in [6.07, 6.45) is 1.11. The quantitative estimate of drug-likeness (QED) is 0.830. The van der Waals surface area contributed by atoms with Crippen LogP contribution in [0.5, 0.6) is 0 Å². The summed E-state index contributed by atoms with van der Waals surface area (Å²) in [5.41, 5.74) is 1.36. The highest BCUT2D eigenvalue weighted by atomic mass is 16.4. The van der Waals surface area contributed by atoms with E-state index < -0.39 is 0 Å². The Hall–Kier alpha value is -1.68. The van der Waals surface area contributed by atoms with Crippen LogP contribution in [0.3, 0.4) is 0 Å². The molecular weight excluding hydrogens is 226 g/mol. The first-order valence-electron chi connectivity index (χ1n) is 6.37. The molecule has 1 aliphatic heterocycles. The van der Waals surface area contributed by atoms with Crippen molar-refractivity contribution in [2.75, 3.05) is 13.1 Å². The van der Waals surface area contributed by atoms with Gasteiger partial charge in [-0.15, -0.1) is 10.2 Å². The minimum atomic E-state index is 0.398. The Kier molecular flexibility index (Phi) is 3.11. The molecule has 0 bridgehead atoms. The third-order valence-corrected chi connectivity index (χ3v) is 3.41. The zero-order valence-corrected chi connectivity index (χ0v) is 10.5. The fraction of sp³-hybridized carbons (Fsp3) is 0.429. The fourth-order valence-electron chi connectivity index (χ4n) is 2.50. The van der Waals surface area contributed by atoms with Gasteiger partial charge in [0.25, 0.3) is 0 Å². The van der Waals surface area contributed by atoms with Crippen LogP contribution in [0.2, 0.25) is 0 Å². The van der Waals surface area contributed by atoms with Crippen LogP contribution in [0.1, 0.15) is 29.7 Å². The van der Waals surface area contributed by atoms with Gasteiger partial charge < -0.3 is 4.42 Å². The van der Waals surface area contributed by atoms with E-state index in [4.69, 9.17) is 4.42 Å². The lowest BCUT2D eigenvalue weighted by Gasteiger charge is -2.14. The maximum atomic E-state index is 5.52. The first-order chi connectivity index (χ1) is 8.81. The molecule has 1 saturated heterocycles. The van der Waals surface area contributed by atoms with E-state index in [1.165, 1.54) is 5.56 Å². The van der Waals surface area contributed by atoms with Gasteiger partial charge in [0.1, 0.15) is 0 Å². The Morgan fingerprint density at radius 2 is 2.11 bits per heavy atom. The smallest absolute Gasteiger partial charge is 0.220 e. The molecule has 4 nitrogen and oxygen atoms in total. The van der Waals surface area contributed by atoms with Crippen LogP contribution in [0.15, 0.2) is 34.7 Å². The van der Waals surface area contributed by atoms with Gasteiger partial charge in [-0.25, -0.2) is 0 Å². The Balaban J connectivity index is 1.62. The molecule has 1 fully saturated rings. The summed E-state index contributed by atoms with van der Waals surface area (Å²) in [6, 6.07) is 10.6. The normalized spacial score (nSPS) is 20.4. The van der Waals surface area contributed by atoms with Crippen molar-refractivity contribution in [3.05, 3.63) is 47.7 Å². The minimum absolute atomic E-state index is 0.398. The summed E-state index contributed by atoms with van der Waals surface area (Å²) < 4.78 is 5.52. The van der Waals surface area contributed by atoms with E-state index >= 15 is 0 Å². The number of aryl methyl sites for hydroxylation is 1. The molecular formula is C14H17N3O. The van der Waals surface area contributed by atoms with Crippen LogP contribution in [-0.2, 0) is 6.54 Å². The van der Waals surface area contributed by atoms with E-state index in [1.54, 1.807) is 0 Å². The van der Waals surface area contributed by atoms with Gasteiger partial charge >= 0.3 is 0 Å². The second kappa shape index (κ2) is 4.90. The number of nitrogens with zero attached hydrogens (tertiary/aromatic N) is 3. The molecule has 0 amide bonds. The van der Waals surface area contributed by atoms with Crippen molar-refractivity contribution < 1.29 is 4.42 Å². The summed E-state index contributed by atoms with van der Waals surface area (Å²) >= 11 is 0. The average molecular weight is 243 g/mol. The summed E-state index contributed by atoms with van der Waals surface area (Å²) in [5, 5.41) is 8.03. The molecule has 0 spiro atoms. The molecule has 0 N–H and O–H groups in total. The van der Waals surface area contributed by atoms with Crippen molar-refractivity contribution in [2.45, 2.75) is 25.8 Å². The van der Waals surface area contributed by atoms with E-state index in [0.29, 0.717) is 11.8 Å². The molecule has 0 saturated carbocycles. The molecule has 2 aromatic rings. The highest BCUT2D eigenvalue weighted by Gasteiger charge is 2.27. The number of hydrogen-bond acceptors (Lipinski definition) is 4. The monoisotopic (exact) mass is 243 g/mol. The minimum Gasteiger partial charge on any atom is -0.425 e. The van der Waals surface area contributed by atoms with Crippen molar-refractivity contribution in [3.63, 3.8) is 0 Å². The van der Waals surface area contributed by atoms with Crippen LogP contribution in [-0.4, -0.2) is 28.2 Å². The maximum absolute atomic E-state index is 5.52. The van der Waals surface area contributed by atoms with Gasteiger partial charge in [0.15, 0.2) is 0 Å². The summed E-state index contributed by atoms with van der Waals surface area (Å²) in [4.78, 5) is 2.44. The topological polar surface area (TPSA) is 42.2 Å². The van der Waals surface area contributed by atoms with Gasteiger partial charge in [-0.3, -0.25) is 4.90 Å². The van der Waals surface area contributed by atoms with Gasteiger partial charge in [0, 0.05) is 20.0 Å². The molecule has 2 heterocycles. The van der Waals surface area contributed by atoms with Gasteiger partial charge in [0.05, 0.1) is 5.92 Å². The molecule has 1 aromatic heterocycles. The van der Waals surface area contributed by atoms with Crippen LogP contribution < -0.4 is 0 Å². The Labute approximate surface area is 107 Å². The number of aromatic nitrogens is 2. The number of rotatable bonds is 3. The van der Waals surface area contributed by atoms with Crippen molar-refractivity contribution in [1.82, 2.24) is 15.1 Å². The Bertz CT molecular complexity index is 509. The molecule has 18 heavy (non-hydrogen) atoms. The summed E-state index contributed by atoms with van der Waals surface area (Å²) in [6.45, 7) is 4.95. The molecule has 1 aromatic carbocycles. The summed E-state index contributed by atoms with van der Waals surface area (Å²) in [7, 11) is 0. The zero-order chi connectivity index (χ0) is 12.4. The third kappa shape index (κ3) is 2.43. The summed E-state index contributed by atoms with van der Waals surface area (Å²) in [5.74, 6) is 1.85. The predicted molar refractivity (Wildman–Crippen MR) is 68.1 cm³/mol. The molecule has 3 rings (SSSR count). The highest BCUT2D eigenvalue weighted by Crippen LogP contribution is 2.27. The first kappa shape index (κ1) is 11.4. The van der Waals surface area contributed by atoms with E-state index in [1.807, 2.05) is 6.92 Å². The number of benzene rings is 1. The third-order valence-electron chi connectivity index (χ3n) is 3.41. The SMILES string of the molecule is Cc1nnc(C2CCN(Cc3ccccc3)C2)o1. The van der Waals surface area contributed by atoms with Gasteiger partial charge in [-0.2, -0.15) is 0 Å². The second-order valence-corrected chi connectivity index (χ2v) is 4.87. The number of likely N-dealkylation sites (tertiary alicyclic amines) is 1. The second-order valence-electron chi connectivity index (χ2n) is 4.87. The van der Waals surface area contributed by atoms with Crippen molar-refractivity contribution >= 4 is 0 Å². The van der Waals surface area contributed by atoms with Crippen LogP contribution in [0.25, 0.3) is 0 Å². The molecule has 0 radical (unpaired) electrons. The van der Waals surface area contributed by atoms with Crippen LogP contribution in [0, 0.1) is 6.92 Å². The van der Waals surface area contributed by atoms with Crippen molar-refractivity contribution in [1.29, 1.82) is 0 Å². The lowest BCUT2D eigenvalue weighted by molar-refractivity contribution is 0.319. The lowest BCUT2D eigenvalue weighted by Crippen LogP contribution is -2.19. The highest BCUT2D eigenvalue weighted by molar-refractivity contribution is 5.15. The van der Waals surface area contributed by atoms with E-state index in [-0.39, 0.29) is 0 Å². The van der Waals surface area contributed by atoms with Gasteiger partial charge in [-0.05, 0) is 18.5 Å². The largest absolute Gasteiger partial charge is 0.425 e. The standard InChI is InChI=1S/C14H17N3O/c1-11-15-16-14(18-11)13-7-8-17(10-13)9-12-5-3-2-4-6-12/h2-6,13H,7-10H2,1H3. The fourth-order valence-corrected chi connectivity index (χ4v) is 2.50. The molecule has 94 valence electrons. The van der Waals surface area contributed by atoms with Crippen molar-refractivity contribution in [2.24, 2.45) is 0 Å². The van der Waals surface area contributed by atoms with Crippen LogP contribution >= 0.6 is 0 Å². The molecule has 1 unspecified atom stereocenters. The average Bonchev–Trinajstić information content (AvgIpc) is 2.99. The van der Waals surface area contributed by atoms with Gasteiger partial charge in [0.2, 0.25) is 11.8 Å². The Morgan fingerprint density at radius 3 is 2.83 bits per heavy atom. The molecule has 4 heteroatoms. The van der Waals surface area contributed by atoms with Gasteiger partial charge in [-0.1, -0.05) is 30.3 Å². The van der Waals surface area contributed by atoms with E-state index in [2.05, 4.69) is 45.4 Å². The van der Waals surface area contributed by atoms with E-state index in [0.717, 1.165) is 31.9 Å². The maximum Gasteiger partial charge on any atom is 0.220 e.